The second kappa shape index (κ2) is 14.3. The molecule has 0 amide bonds. The van der Waals surface area contributed by atoms with Crippen molar-refractivity contribution in [3.63, 3.8) is 0 Å². The largest absolute Gasteiger partial charge is 0.456 e. The van der Waals surface area contributed by atoms with Gasteiger partial charge in [0.25, 0.3) is 0 Å². The van der Waals surface area contributed by atoms with Crippen LogP contribution in [0.15, 0.2) is 81.9 Å². The number of amidine groups is 2. The van der Waals surface area contributed by atoms with Gasteiger partial charge < -0.3 is 30.3 Å². The number of rotatable bonds is 12. The van der Waals surface area contributed by atoms with Crippen LogP contribution in [0.2, 0.25) is 0 Å². The zero-order chi connectivity index (χ0) is 33.5. The Balaban J connectivity index is 0.00000224. The molecule has 0 saturated carbocycles. The van der Waals surface area contributed by atoms with Gasteiger partial charge in [-0.05, 0) is 79.9 Å². The van der Waals surface area contributed by atoms with Crippen LogP contribution in [0.4, 0.5) is 0 Å². The molecule has 6 heterocycles. The number of benzene rings is 2. The minimum absolute atomic E-state index is 0. The smallest absolute Gasteiger partial charge is 0.174 e. The van der Waals surface area contributed by atoms with Crippen molar-refractivity contribution in [1.82, 2.24) is 49.9 Å². The van der Waals surface area contributed by atoms with Crippen molar-refractivity contribution in [2.24, 2.45) is 11.5 Å². The summed E-state index contributed by atoms with van der Waals surface area (Å²) in [7, 11) is 0. The highest BCUT2D eigenvalue weighted by molar-refractivity contribution is 5.99. The molecule has 0 atom stereocenters. The molecule has 0 spiro atoms. The Morgan fingerprint density at radius 1 is 0.647 bits per heavy atom. The van der Waals surface area contributed by atoms with Crippen molar-refractivity contribution in [3.8, 4) is 23.2 Å². The first-order chi connectivity index (χ1) is 23.8. The number of aromatic amines is 2. The van der Waals surface area contributed by atoms with Gasteiger partial charge in [0.2, 0.25) is 0 Å². The van der Waals surface area contributed by atoms with Gasteiger partial charge in [0.1, 0.15) is 36.3 Å². The Kier molecular flexibility index (Phi) is 9.70. The first-order valence-electron chi connectivity index (χ1n) is 15.5. The predicted octanol–water partition coefficient (Wildman–Crippen LogP) is 4.83. The number of halogens is 2. The quantitative estimate of drug-likeness (QED) is 0.0739. The van der Waals surface area contributed by atoms with E-state index in [1.807, 2.05) is 48.8 Å². The van der Waals surface area contributed by atoms with Gasteiger partial charge >= 0.3 is 0 Å². The third-order valence-corrected chi connectivity index (χ3v) is 8.05. The number of aromatic nitrogens is 10. The van der Waals surface area contributed by atoms with Gasteiger partial charge in [0, 0.05) is 23.5 Å². The fourth-order valence-corrected chi connectivity index (χ4v) is 5.60. The molecule has 260 valence electrons. The standard InChI is InChI=1S/C33H30N14O2.2ClH/c34-30(35)18-4-8-24-26(12-18)40-32(38-24)28-10-6-22(48-28)16-46-14-20(42-44-46)2-1-3-21-15-47(45-43-21)17-23-7-11-29(49-23)33-39-25-9-5-19(31(36)37)13-27(25)41-33;;/h4-15H,1-3,16-17H2,(H3,34,35)(H3,36,37)(H,38,40)(H,39,41);2*1H. The number of aryl methyl sites for hydroxylation is 2. The van der Waals surface area contributed by atoms with E-state index >= 15 is 0 Å². The molecule has 51 heavy (non-hydrogen) atoms. The lowest BCUT2D eigenvalue weighted by Crippen LogP contribution is -2.10. The number of nitrogens with two attached hydrogens (primary N) is 2. The van der Waals surface area contributed by atoms with Crippen LogP contribution in [-0.2, 0) is 25.9 Å². The Bertz CT molecular complexity index is 2310. The first-order valence-corrected chi connectivity index (χ1v) is 15.5. The molecule has 0 fully saturated rings. The van der Waals surface area contributed by atoms with E-state index in [0.29, 0.717) is 47.4 Å². The highest BCUT2D eigenvalue weighted by atomic mass is 35.5. The van der Waals surface area contributed by atoms with Gasteiger partial charge in [-0.15, -0.1) is 35.0 Å². The van der Waals surface area contributed by atoms with Crippen molar-refractivity contribution < 1.29 is 8.83 Å². The monoisotopic (exact) mass is 726 g/mol. The van der Waals surface area contributed by atoms with Crippen LogP contribution in [0.5, 0.6) is 0 Å². The Hall–Kier alpha value is -6.26. The number of furan rings is 2. The molecule has 0 bridgehead atoms. The number of hydrogen-bond donors (Lipinski definition) is 6. The van der Waals surface area contributed by atoms with E-state index in [1.165, 1.54) is 0 Å². The summed E-state index contributed by atoms with van der Waals surface area (Å²) in [6, 6.07) is 18.3. The Morgan fingerprint density at radius 2 is 1.10 bits per heavy atom. The molecule has 2 aromatic carbocycles. The lowest BCUT2D eigenvalue weighted by molar-refractivity contribution is 0.483. The second-order valence-electron chi connectivity index (χ2n) is 11.7. The molecule has 16 nitrogen and oxygen atoms in total. The molecule has 8 aromatic rings. The second-order valence-corrected chi connectivity index (χ2v) is 11.7. The summed E-state index contributed by atoms with van der Waals surface area (Å²) in [4.78, 5) is 15.7. The molecule has 0 aliphatic rings. The van der Waals surface area contributed by atoms with E-state index < -0.39 is 0 Å². The number of nitrogen functional groups attached to an aromatic ring is 2. The molecule has 6 aromatic heterocycles. The summed E-state index contributed by atoms with van der Waals surface area (Å²) in [6.07, 6.45) is 6.15. The molecule has 18 heteroatoms. The van der Waals surface area contributed by atoms with Crippen molar-refractivity contribution in [3.05, 3.63) is 107 Å². The van der Waals surface area contributed by atoms with Crippen LogP contribution in [0.1, 0.15) is 40.5 Å². The lowest BCUT2D eigenvalue weighted by atomic mass is 10.2. The minimum atomic E-state index is 0. The highest BCUT2D eigenvalue weighted by Gasteiger charge is 2.14. The van der Waals surface area contributed by atoms with Crippen LogP contribution in [0.3, 0.4) is 0 Å². The summed E-state index contributed by atoms with van der Waals surface area (Å²) < 4.78 is 15.6. The van der Waals surface area contributed by atoms with Crippen LogP contribution in [0.25, 0.3) is 45.2 Å². The number of fused-ring (bicyclic) bond motifs is 2. The predicted molar refractivity (Wildman–Crippen MR) is 194 cm³/mol. The van der Waals surface area contributed by atoms with Gasteiger partial charge in [-0.1, -0.05) is 10.4 Å². The van der Waals surface area contributed by atoms with Crippen LogP contribution >= 0.6 is 24.8 Å². The van der Waals surface area contributed by atoms with Crippen molar-refractivity contribution in [2.75, 3.05) is 0 Å². The number of nitrogens with zero attached hydrogens (tertiary/aromatic N) is 8. The molecule has 8 rings (SSSR count). The van der Waals surface area contributed by atoms with Gasteiger partial charge in [-0.2, -0.15) is 0 Å². The summed E-state index contributed by atoms with van der Waals surface area (Å²) in [6.45, 7) is 0.864. The van der Waals surface area contributed by atoms with Gasteiger partial charge in [0.05, 0.1) is 33.5 Å². The van der Waals surface area contributed by atoms with Crippen molar-refractivity contribution in [1.29, 1.82) is 10.8 Å². The van der Waals surface area contributed by atoms with Gasteiger partial charge in [-0.3, -0.25) is 10.8 Å². The van der Waals surface area contributed by atoms with E-state index in [1.54, 1.807) is 33.6 Å². The molecular formula is C33H32Cl2N14O2. The van der Waals surface area contributed by atoms with Crippen LogP contribution < -0.4 is 11.5 Å². The normalized spacial score (nSPS) is 11.1. The Labute approximate surface area is 301 Å². The van der Waals surface area contributed by atoms with Gasteiger partial charge in [0.15, 0.2) is 23.2 Å². The number of imidazole rings is 2. The fourth-order valence-electron chi connectivity index (χ4n) is 5.60. The summed E-state index contributed by atoms with van der Waals surface area (Å²) in [5, 5.41) is 32.5. The van der Waals surface area contributed by atoms with E-state index in [9.17, 15) is 0 Å². The minimum Gasteiger partial charge on any atom is -0.456 e. The van der Waals surface area contributed by atoms with Gasteiger partial charge in [-0.25, -0.2) is 19.3 Å². The number of H-pyrrole nitrogens is 2. The number of hydrogen-bond acceptors (Lipinski definition) is 10. The van der Waals surface area contributed by atoms with E-state index in [2.05, 4.69) is 40.6 Å². The summed E-state index contributed by atoms with van der Waals surface area (Å²) in [5.41, 5.74) is 17.3. The average molecular weight is 728 g/mol. The fraction of sp³-hybridized carbons (Fsp3) is 0.152. The molecule has 0 unspecified atom stereocenters. The van der Waals surface area contributed by atoms with Crippen molar-refractivity contribution in [2.45, 2.75) is 32.4 Å². The maximum atomic E-state index is 7.64. The lowest BCUT2D eigenvalue weighted by Gasteiger charge is -1.97. The zero-order valence-corrected chi connectivity index (χ0v) is 28.5. The average Bonchev–Trinajstić information content (AvgIpc) is 3.93. The third-order valence-electron chi connectivity index (χ3n) is 8.05. The third kappa shape index (κ3) is 7.36. The zero-order valence-electron chi connectivity index (χ0n) is 26.8. The number of nitrogens with one attached hydrogen (secondary N) is 4. The SMILES string of the molecule is Cl.Cl.N=C(N)c1ccc2nc(-c3ccc(Cn4cc(CCCc5cn(Cc6ccc(-c7nc8ccc(C(=N)N)cc8[nH]7)o6)nn5)nn4)o3)[nH]c2c1. The Morgan fingerprint density at radius 3 is 1.53 bits per heavy atom. The van der Waals surface area contributed by atoms with E-state index in [0.717, 1.165) is 64.2 Å². The maximum Gasteiger partial charge on any atom is 0.174 e. The van der Waals surface area contributed by atoms with E-state index in [-0.39, 0.29) is 36.5 Å². The van der Waals surface area contributed by atoms with Crippen LogP contribution in [0, 0.1) is 10.8 Å². The maximum absolute atomic E-state index is 7.64. The molecule has 0 aliphatic heterocycles. The van der Waals surface area contributed by atoms with Crippen LogP contribution in [-0.4, -0.2) is 61.6 Å². The topological polar surface area (TPSA) is 245 Å². The molecule has 0 aliphatic carbocycles. The molecule has 0 radical (unpaired) electrons. The molecule has 8 N–H and O–H groups in total. The molecule has 0 saturated heterocycles. The molecular weight excluding hydrogens is 695 g/mol. The summed E-state index contributed by atoms with van der Waals surface area (Å²) >= 11 is 0. The van der Waals surface area contributed by atoms with Crippen molar-refractivity contribution >= 4 is 58.6 Å². The first kappa shape index (κ1) is 34.6. The summed E-state index contributed by atoms with van der Waals surface area (Å²) in [5.74, 6) is 3.85. The van der Waals surface area contributed by atoms with E-state index in [4.69, 9.17) is 31.1 Å². The highest BCUT2D eigenvalue weighted by Crippen LogP contribution is 2.25.